The Morgan fingerprint density at radius 2 is 1.75 bits per heavy atom. The molecule has 1 aromatic rings. The first-order valence-corrected chi connectivity index (χ1v) is 11.3. The lowest BCUT2D eigenvalue weighted by molar-refractivity contribution is -0.0256. The fourth-order valence-corrected chi connectivity index (χ4v) is 3.09. The molecule has 0 saturated carbocycles. The highest BCUT2D eigenvalue weighted by Crippen LogP contribution is 2.37. The number of allylic oxidation sites excluding steroid dienone is 1. The molecule has 0 bridgehead atoms. The number of aliphatic hydroxyl groups excluding tert-OH is 2. The van der Waals surface area contributed by atoms with Crippen LogP contribution in [0.2, 0.25) is 18.1 Å². The zero-order valence-corrected chi connectivity index (χ0v) is 16.7. The predicted octanol–water partition coefficient (Wildman–Crippen LogP) is 3.85. The molecule has 0 aliphatic rings. The Morgan fingerprint density at radius 3 is 2.29 bits per heavy atom. The lowest BCUT2D eigenvalue weighted by Crippen LogP contribution is -2.40. The fraction of sp³-hybridized carbons (Fsp3) is 0.579. The molecule has 0 fully saturated rings. The average Bonchev–Trinajstić information content (AvgIpc) is 2.46. The molecule has 24 heavy (non-hydrogen) atoms. The Bertz CT molecular complexity index is 520. The van der Waals surface area contributed by atoms with Crippen LogP contribution in [0.1, 0.15) is 33.3 Å². The molecule has 1 aromatic carbocycles. The van der Waals surface area contributed by atoms with E-state index in [0.29, 0.717) is 12.4 Å². The summed E-state index contributed by atoms with van der Waals surface area (Å²) in [6, 6.07) is 9.74. The van der Waals surface area contributed by atoms with Crippen LogP contribution in [0.5, 0.6) is 0 Å². The molecule has 2 N–H and O–H groups in total. The minimum absolute atomic E-state index is 0.0694. The molecule has 0 radical (unpaired) electrons. The largest absolute Gasteiger partial charge is 0.547 e. The first-order valence-electron chi connectivity index (χ1n) is 8.38. The normalized spacial score (nSPS) is 15.9. The van der Waals surface area contributed by atoms with Crippen LogP contribution in [0.15, 0.2) is 42.2 Å². The monoisotopic (exact) mass is 352 g/mol. The Kier molecular flexibility index (Phi) is 7.67. The van der Waals surface area contributed by atoms with E-state index in [2.05, 4.69) is 33.9 Å². The molecular formula is C19H32O4Si. The van der Waals surface area contributed by atoms with Gasteiger partial charge in [-0.3, -0.25) is 0 Å². The van der Waals surface area contributed by atoms with Gasteiger partial charge in [0, 0.05) is 0 Å². The maximum atomic E-state index is 10.1. The first-order chi connectivity index (χ1) is 11.0. The Morgan fingerprint density at radius 1 is 1.17 bits per heavy atom. The molecule has 0 aliphatic carbocycles. The van der Waals surface area contributed by atoms with E-state index in [1.54, 1.807) is 6.08 Å². The maximum absolute atomic E-state index is 10.1. The summed E-state index contributed by atoms with van der Waals surface area (Å²) in [4.78, 5) is 0. The number of aliphatic hydroxyl groups is 2. The molecule has 0 amide bonds. The van der Waals surface area contributed by atoms with Gasteiger partial charge < -0.3 is 19.4 Å². The van der Waals surface area contributed by atoms with Gasteiger partial charge in [-0.15, -0.1) is 0 Å². The minimum atomic E-state index is -1.93. The van der Waals surface area contributed by atoms with Gasteiger partial charge in [0.2, 0.25) is 8.32 Å². The van der Waals surface area contributed by atoms with Gasteiger partial charge in [0.05, 0.1) is 19.0 Å². The highest BCUT2D eigenvalue weighted by Gasteiger charge is 2.39. The van der Waals surface area contributed by atoms with Crippen LogP contribution in [0.25, 0.3) is 0 Å². The van der Waals surface area contributed by atoms with Crippen molar-refractivity contribution in [2.75, 3.05) is 6.61 Å². The third-order valence-electron chi connectivity index (χ3n) is 4.42. The summed E-state index contributed by atoms with van der Waals surface area (Å²) in [6.45, 7) is 13.1. The highest BCUT2D eigenvalue weighted by molar-refractivity contribution is 6.74. The second-order valence-corrected chi connectivity index (χ2v) is 12.4. The molecule has 0 heterocycles. The molecule has 0 unspecified atom stereocenters. The van der Waals surface area contributed by atoms with E-state index in [9.17, 15) is 10.2 Å². The topological polar surface area (TPSA) is 58.9 Å². The van der Waals surface area contributed by atoms with Crippen molar-refractivity contribution < 1.29 is 19.4 Å². The second-order valence-electron chi connectivity index (χ2n) is 7.70. The fourth-order valence-electron chi connectivity index (χ4n) is 1.91. The lowest BCUT2D eigenvalue weighted by Gasteiger charge is -2.37. The standard InChI is InChI=1S/C19H32O4Si/c1-15(23-24(5,6)19(2,3)4)12-17(20)18(21)14-22-13-16-10-8-7-9-11-16/h7-12,17-18,20-21H,13-14H2,1-6H3/b15-12-/t17-,18-/m1/s1. The van der Waals surface area contributed by atoms with Crippen molar-refractivity contribution in [3.05, 3.63) is 47.7 Å². The molecule has 0 aromatic heterocycles. The van der Waals surface area contributed by atoms with Crippen LogP contribution in [-0.2, 0) is 15.8 Å². The Labute approximate surface area is 147 Å². The van der Waals surface area contributed by atoms with Gasteiger partial charge in [-0.25, -0.2) is 0 Å². The summed E-state index contributed by atoms with van der Waals surface area (Å²) in [5.41, 5.74) is 1.03. The third-order valence-corrected chi connectivity index (χ3v) is 8.87. The summed E-state index contributed by atoms with van der Waals surface area (Å²) < 4.78 is 11.6. The van der Waals surface area contributed by atoms with Gasteiger partial charge >= 0.3 is 0 Å². The quantitative estimate of drug-likeness (QED) is 0.551. The Balaban J connectivity index is 2.48. The highest BCUT2D eigenvalue weighted by atomic mass is 28.4. The summed E-state index contributed by atoms with van der Waals surface area (Å²) in [7, 11) is -1.93. The van der Waals surface area contributed by atoms with Crippen LogP contribution >= 0.6 is 0 Å². The van der Waals surface area contributed by atoms with Gasteiger partial charge in [-0.05, 0) is 36.7 Å². The van der Waals surface area contributed by atoms with Gasteiger partial charge in [-0.1, -0.05) is 51.1 Å². The number of hydrogen-bond donors (Lipinski definition) is 2. The maximum Gasteiger partial charge on any atom is 0.250 e. The molecule has 0 spiro atoms. The molecule has 2 atom stereocenters. The van der Waals surface area contributed by atoms with Crippen LogP contribution in [-0.4, -0.2) is 37.3 Å². The van der Waals surface area contributed by atoms with Gasteiger partial charge in [0.1, 0.15) is 12.2 Å². The second kappa shape index (κ2) is 8.81. The van der Waals surface area contributed by atoms with Gasteiger partial charge in [0.15, 0.2) is 0 Å². The third kappa shape index (κ3) is 6.77. The van der Waals surface area contributed by atoms with Crippen LogP contribution in [0.4, 0.5) is 0 Å². The molecular weight excluding hydrogens is 320 g/mol. The summed E-state index contributed by atoms with van der Waals surface area (Å²) >= 11 is 0. The van der Waals surface area contributed by atoms with Crippen molar-refractivity contribution in [2.24, 2.45) is 0 Å². The molecule has 136 valence electrons. The van der Waals surface area contributed by atoms with E-state index in [1.165, 1.54) is 0 Å². The van der Waals surface area contributed by atoms with Gasteiger partial charge in [0.25, 0.3) is 0 Å². The van der Waals surface area contributed by atoms with Crippen LogP contribution < -0.4 is 0 Å². The number of ether oxygens (including phenoxy) is 1. The number of benzene rings is 1. The molecule has 4 nitrogen and oxygen atoms in total. The van der Waals surface area contributed by atoms with E-state index >= 15 is 0 Å². The van der Waals surface area contributed by atoms with Crippen molar-refractivity contribution in [1.29, 1.82) is 0 Å². The van der Waals surface area contributed by atoms with E-state index < -0.39 is 20.5 Å². The van der Waals surface area contributed by atoms with Gasteiger partial charge in [-0.2, -0.15) is 0 Å². The summed E-state index contributed by atoms with van der Waals surface area (Å²) in [5.74, 6) is 0.649. The van der Waals surface area contributed by atoms with Crippen molar-refractivity contribution in [1.82, 2.24) is 0 Å². The average molecular weight is 353 g/mol. The van der Waals surface area contributed by atoms with E-state index in [-0.39, 0.29) is 11.6 Å². The lowest BCUT2D eigenvalue weighted by atomic mass is 10.2. The number of rotatable bonds is 8. The summed E-state index contributed by atoms with van der Waals surface area (Å²) in [6.07, 6.45) is -0.422. The predicted molar refractivity (Wildman–Crippen MR) is 100 cm³/mol. The molecule has 0 aliphatic heterocycles. The van der Waals surface area contributed by atoms with E-state index in [0.717, 1.165) is 5.56 Å². The zero-order valence-electron chi connectivity index (χ0n) is 15.7. The van der Waals surface area contributed by atoms with Crippen molar-refractivity contribution in [3.63, 3.8) is 0 Å². The SMILES string of the molecule is C/C(=C/[C@@H](O)[C@H](O)COCc1ccccc1)O[Si](C)(C)C(C)(C)C. The smallest absolute Gasteiger partial charge is 0.250 e. The molecule has 0 saturated heterocycles. The van der Waals surface area contributed by atoms with E-state index in [4.69, 9.17) is 9.16 Å². The van der Waals surface area contributed by atoms with Crippen molar-refractivity contribution >= 4 is 8.32 Å². The van der Waals surface area contributed by atoms with Crippen molar-refractivity contribution in [2.45, 2.75) is 64.6 Å². The molecule has 5 heteroatoms. The minimum Gasteiger partial charge on any atom is -0.547 e. The molecule has 1 rings (SSSR count). The Hall–Kier alpha value is -1.14. The van der Waals surface area contributed by atoms with Crippen LogP contribution in [0.3, 0.4) is 0 Å². The van der Waals surface area contributed by atoms with Crippen molar-refractivity contribution in [3.8, 4) is 0 Å². The van der Waals surface area contributed by atoms with E-state index in [1.807, 2.05) is 37.3 Å². The number of hydrogen-bond acceptors (Lipinski definition) is 4. The zero-order chi connectivity index (χ0) is 18.4. The first kappa shape index (κ1) is 20.9. The summed E-state index contributed by atoms with van der Waals surface area (Å²) in [5, 5.41) is 20.2. The van der Waals surface area contributed by atoms with Crippen LogP contribution in [0, 0.1) is 0 Å².